The van der Waals surface area contributed by atoms with Gasteiger partial charge in [0.2, 0.25) is 0 Å². The lowest BCUT2D eigenvalue weighted by molar-refractivity contribution is -0.137. The average molecular weight is 292 g/mol. The van der Waals surface area contributed by atoms with Crippen molar-refractivity contribution in [3.8, 4) is 0 Å². The average Bonchev–Trinajstić information content (AvgIpc) is 2.46. The molecule has 21 heavy (non-hydrogen) atoms. The Bertz CT molecular complexity index is 326. The van der Waals surface area contributed by atoms with Crippen LogP contribution in [0, 0.1) is 5.92 Å². The quantitative estimate of drug-likeness (QED) is 0.338. The maximum Gasteiger partial charge on any atom is 0.303 e. The first kappa shape index (κ1) is 19.7. The first-order valence-electron chi connectivity index (χ1n) is 8.33. The molecule has 0 aliphatic rings. The molecule has 0 rings (SSSR count). The number of allylic oxidation sites excluding steroid dienone is 6. The predicted molar refractivity (Wildman–Crippen MR) is 91.4 cm³/mol. The minimum atomic E-state index is -0.705. The highest BCUT2D eigenvalue weighted by Crippen LogP contribution is 2.09. The van der Waals surface area contributed by atoms with Gasteiger partial charge in [0, 0.05) is 6.42 Å². The molecule has 2 heteroatoms. The maximum absolute atomic E-state index is 10.3. The van der Waals surface area contributed by atoms with Gasteiger partial charge in [0.15, 0.2) is 0 Å². The fraction of sp³-hybridized carbons (Fsp3) is 0.632. The second-order valence-corrected chi connectivity index (χ2v) is 5.60. The van der Waals surface area contributed by atoms with E-state index in [1.807, 2.05) is 0 Å². The van der Waals surface area contributed by atoms with Crippen molar-refractivity contribution in [1.29, 1.82) is 0 Å². The van der Waals surface area contributed by atoms with Crippen molar-refractivity contribution in [3.05, 3.63) is 36.5 Å². The highest BCUT2D eigenvalue weighted by molar-refractivity contribution is 5.66. The Kier molecular flexibility index (Phi) is 14.1. The molecule has 0 saturated carbocycles. The SMILES string of the molecule is CC[C@H](C)CCC=CCC=CCCC=CCCCC(=O)O. The fourth-order valence-corrected chi connectivity index (χ4v) is 1.89. The number of carbonyl (C=O) groups is 1. The third kappa shape index (κ3) is 16.6. The Morgan fingerprint density at radius 3 is 2.14 bits per heavy atom. The summed E-state index contributed by atoms with van der Waals surface area (Å²) in [6, 6.07) is 0. The van der Waals surface area contributed by atoms with E-state index in [0.29, 0.717) is 0 Å². The third-order valence-electron chi connectivity index (χ3n) is 3.56. The molecule has 0 aromatic rings. The van der Waals surface area contributed by atoms with Crippen LogP contribution in [0.1, 0.15) is 71.6 Å². The van der Waals surface area contributed by atoms with Gasteiger partial charge >= 0.3 is 5.97 Å². The van der Waals surface area contributed by atoms with Crippen LogP contribution >= 0.6 is 0 Å². The van der Waals surface area contributed by atoms with Crippen molar-refractivity contribution >= 4 is 5.97 Å². The van der Waals surface area contributed by atoms with Crippen LogP contribution in [-0.4, -0.2) is 11.1 Å². The predicted octanol–water partition coefficient (Wildman–Crippen LogP) is 5.91. The molecule has 0 saturated heterocycles. The van der Waals surface area contributed by atoms with Crippen LogP contribution in [-0.2, 0) is 4.79 Å². The summed E-state index contributed by atoms with van der Waals surface area (Å²) < 4.78 is 0. The Labute approximate surface area is 130 Å². The molecule has 0 aliphatic carbocycles. The summed E-state index contributed by atoms with van der Waals surface area (Å²) >= 11 is 0. The van der Waals surface area contributed by atoms with Gasteiger partial charge in [-0.05, 0) is 50.9 Å². The van der Waals surface area contributed by atoms with Crippen LogP contribution in [0.2, 0.25) is 0 Å². The molecule has 1 N–H and O–H groups in total. The van der Waals surface area contributed by atoms with E-state index >= 15 is 0 Å². The Morgan fingerprint density at radius 1 is 0.952 bits per heavy atom. The summed E-state index contributed by atoms with van der Waals surface area (Å²) in [6.45, 7) is 4.56. The zero-order valence-electron chi connectivity index (χ0n) is 13.8. The van der Waals surface area contributed by atoms with Crippen molar-refractivity contribution in [2.45, 2.75) is 71.6 Å². The molecule has 1 atom stereocenters. The van der Waals surface area contributed by atoms with E-state index in [1.54, 1.807) is 0 Å². The molecule has 0 aromatic carbocycles. The zero-order valence-corrected chi connectivity index (χ0v) is 13.8. The smallest absolute Gasteiger partial charge is 0.303 e. The van der Waals surface area contributed by atoms with E-state index in [2.05, 4.69) is 50.3 Å². The number of carboxylic acid groups (broad SMARTS) is 1. The van der Waals surface area contributed by atoms with Crippen LogP contribution < -0.4 is 0 Å². The Hall–Kier alpha value is -1.31. The second kappa shape index (κ2) is 15.1. The van der Waals surface area contributed by atoms with E-state index < -0.39 is 5.97 Å². The highest BCUT2D eigenvalue weighted by Gasteiger charge is 1.94. The number of unbranched alkanes of at least 4 members (excludes halogenated alkanes) is 2. The lowest BCUT2D eigenvalue weighted by Gasteiger charge is -2.03. The van der Waals surface area contributed by atoms with Gasteiger partial charge in [0.25, 0.3) is 0 Å². The molecule has 0 radical (unpaired) electrons. The Morgan fingerprint density at radius 2 is 1.52 bits per heavy atom. The summed E-state index contributed by atoms with van der Waals surface area (Å²) in [6.07, 6.45) is 22.0. The summed E-state index contributed by atoms with van der Waals surface area (Å²) in [5.74, 6) is 0.135. The third-order valence-corrected chi connectivity index (χ3v) is 3.56. The summed E-state index contributed by atoms with van der Waals surface area (Å²) in [5, 5.41) is 8.49. The molecule has 0 spiro atoms. The van der Waals surface area contributed by atoms with Gasteiger partial charge in [0.05, 0.1) is 0 Å². The van der Waals surface area contributed by atoms with Gasteiger partial charge in [-0.2, -0.15) is 0 Å². The molecular formula is C19H32O2. The van der Waals surface area contributed by atoms with Gasteiger partial charge in [-0.3, -0.25) is 4.79 Å². The standard InChI is InChI=1S/C19H32O2/c1-3-18(2)16-14-12-10-8-6-4-5-7-9-11-13-15-17-19(20)21/h4,6,9-12,18H,3,5,7-8,13-17H2,1-2H3,(H,20,21)/t18-/m0/s1. The van der Waals surface area contributed by atoms with Crippen molar-refractivity contribution < 1.29 is 9.90 Å². The van der Waals surface area contributed by atoms with Gasteiger partial charge in [-0.15, -0.1) is 0 Å². The molecule has 0 aromatic heterocycles. The first-order chi connectivity index (χ1) is 10.2. The molecule has 2 nitrogen and oxygen atoms in total. The lowest BCUT2D eigenvalue weighted by atomic mass is 10.0. The molecule has 0 heterocycles. The van der Waals surface area contributed by atoms with Crippen molar-refractivity contribution in [1.82, 2.24) is 0 Å². The first-order valence-corrected chi connectivity index (χ1v) is 8.33. The van der Waals surface area contributed by atoms with E-state index in [-0.39, 0.29) is 6.42 Å². The van der Waals surface area contributed by atoms with E-state index in [9.17, 15) is 4.79 Å². The van der Waals surface area contributed by atoms with Crippen LogP contribution in [0.15, 0.2) is 36.5 Å². The lowest BCUT2D eigenvalue weighted by Crippen LogP contribution is -1.92. The number of rotatable bonds is 13. The van der Waals surface area contributed by atoms with Gasteiger partial charge < -0.3 is 5.11 Å². The Balaban J connectivity index is 3.38. The zero-order chi connectivity index (χ0) is 15.8. The molecule has 0 amide bonds. The van der Waals surface area contributed by atoms with Crippen molar-refractivity contribution in [2.75, 3.05) is 0 Å². The number of hydrogen-bond acceptors (Lipinski definition) is 1. The van der Waals surface area contributed by atoms with Gasteiger partial charge in [0.1, 0.15) is 0 Å². The number of hydrogen-bond donors (Lipinski definition) is 1. The number of aliphatic carboxylic acids is 1. The maximum atomic E-state index is 10.3. The largest absolute Gasteiger partial charge is 0.481 e. The van der Waals surface area contributed by atoms with Crippen LogP contribution in [0.4, 0.5) is 0 Å². The molecule has 120 valence electrons. The molecule has 0 fully saturated rings. The minimum Gasteiger partial charge on any atom is -0.481 e. The second-order valence-electron chi connectivity index (χ2n) is 5.60. The summed E-state index contributed by atoms with van der Waals surface area (Å²) in [4.78, 5) is 10.3. The molecule has 0 unspecified atom stereocenters. The highest BCUT2D eigenvalue weighted by atomic mass is 16.4. The fourth-order valence-electron chi connectivity index (χ4n) is 1.89. The monoisotopic (exact) mass is 292 g/mol. The van der Waals surface area contributed by atoms with E-state index in [1.165, 1.54) is 19.3 Å². The molecule has 0 aliphatic heterocycles. The van der Waals surface area contributed by atoms with E-state index in [0.717, 1.165) is 38.0 Å². The van der Waals surface area contributed by atoms with Crippen molar-refractivity contribution in [3.63, 3.8) is 0 Å². The molecular weight excluding hydrogens is 260 g/mol. The van der Waals surface area contributed by atoms with Crippen LogP contribution in [0.25, 0.3) is 0 Å². The van der Waals surface area contributed by atoms with Crippen LogP contribution in [0.3, 0.4) is 0 Å². The summed E-state index contributed by atoms with van der Waals surface area (Å²) in [5.41, 5.74) is 0. The van der Waals surface area contributed by atoms with Crippen LogP contribution in [0.5, 0.6) is 0 Å². The topological polar surface area (TPSA) is 37.3 Å². The van der Waals surface area contributed by atoms with Gasteiger partial charge in [-0.1, -0.05) is 56.7 Å². The van der Waals surface area contributed by atoms with Gasteiger partial charge in [-0.25, -0.2) is 0 Å². The molecule has 0 bridgehead atoms. The van der Waals surface area contributed by atoms with E-state index in [4.69, 9.17) is 5.11 Å². The number of carboxylic acids is 1. The summed E-state index contributed by atoms with van der Waals surface area (Å²) in [7, 11) is 0. The van der Waals surface area contributed by atoms with Crippen molar-refractivity contribution in [2.24, 2.45) is 5.92 Å². The normalized spacial score (nSPS) is 13.6. The minimum absolute atomic E-state index is 0.271.